The highest BCUT2D eigenvalue weighted by atomic mass is 16.4. The molecule has 8 nitrogen and oxygen atoms in total. The smallest absolute Gasteiger partial charge is 0.305 e. The second kappa shape index (κ2) is 8.09. The summed E-state index contributed by atoms with van der Waals surface area (Å²) in [6.07, 6.45) is 1.24. The molecule has 1 aromatic heterocycles. The normalized spacial score (nSPS) is 16.6. The van der Waals surface area contributed by atoms with Crippen molar-refractivity contribution < 1.29 is 20.1 Å². The first kappa shape index (κ1) is 17.5. The molecule has 1 aromatic rings. The van der Waals surface area contributed by atoms with Crippen LogP contribution in [-0.2, 0) is 17.9 Å². The van der Waals surface area contributed by atoms with Crippen LogP contribution in [0.2, 0.25) is 0 Å². The number of hydrogen-bond donors (Lipinski definition) is 3. The molecule has 23 heavy (non-hydrogen) atoms. The molecule has 3 N–H and O–H groups in total. The molecule has 0 unspecified atom stereocenters. The van der Waals surface area contributed by atoms with E-state index >= 15 is 0 Å². The Balaban J connectivity index is 2.05. The lowest BCUT2D eigenvalue weighted by molar-refractivity contribution is -0.137. The van der Waals surface area contributed by atoms with Crippen LogP contribution in [0.25, 0.3) is 0 Å². The first-order valence-corrected chi connectivity index (χ1v) is 7.69. The summed E-state index contributed by atoms with van der Waals surface area (Å²) in [6, 6.07) is 1.37. The molecule has 0 aromatic carbocycles. The number of aromatic nitrogens is 1. The first-order valence-electron chi connectivity index (χ1n) is 7.69. The molecule has 0 saturated carbocycles. The minimum Gasteiger partial charge on any atom is -0.503 e. The number of carboxylic acid groups (broad SMARTS) is 1. The van der Waals surface area contributed by atoms with Crippen LogP contribution in [0, 0.1) is 0 Å². The molecule has 1 saturated heterocycles. The van der Waals surface area contributed by atoms with Crippen molar-refractivity contribution in [2.75, 3.05) is 39.3 Å². The maximum atomic E-state index is 11.7. The Labute approximate surface area is 134 Å². The lowest BCUT2D eigenvalue weighted by Gasteiger charge is -2.34. The number of carboxylic acids is 1. The fourth-order valence-corrected chi connectivity index (χ4v) is 2.70. The van der Waals surface area contributed by atoms with Gasteiger partial charge in [0.25, 0.3) is 0 Å². The lowest BCUT2D eigenvalue weighted by atomic mass is 10.2. The molecule has 8 heteroatoms. The van der Waals surface area contributed by atoms with Crippen LogP contribution >= 0.6 is 0 Å². The largest absolute Gasteiger partial charge is 0.503 e. The van der Waals surface area contributed by atoms with E-state index in [1.807, 2.05) is 0 Å². The summed E-state index contributed by atoms with van der Waals surface area (Å²) >= 11 is 0. The predicted octanol–water partition coefficient (Wildman–Crippen LogP) is -0.861. The fraction of sp³-hybridized carbons (Fsp3) is 0.600. The number of aryl methyl sites for hydroxylation is 1. The number of aliphatic carboxylic acids is 1. The van der Waals surface area contributed by atoms with Crippen LogP contribution in [0.3, 0.4) is 0 Å². The van der Waals surface area contributed by atoms with Gasteiger partial charge in [-0.3, -0.25) is 19.4 Å². The second-order valence-corrected chi connectivity index (χ2v) is 5.69. The standard InChI is InChI=1S/C15H23N3O5/c19-8-7-16-3-5-17(6-4-16)10-12-9-13(20)14(21)11-18(12)2-1-15(22)23/h9,11,19,21H,1-8,10H2,(H,22,23). The Morgan fingerprint density at radius 3 is 2.39 bits per heavy atom. The van der Waals surface area contributed by atoms with Gasteiger partial charge in [0, 0.05) is 57.6 Å². The van der Waals surface area contributed by atoms with E-state index in [1.54, 1.807) is 4.57 Å². The Morgan fingerprint density at radius 1 is 1.13 bits per heavy atom. The van der Waals surface area contributed by atoms with Crippen molar-refractivity contribution in [2.45, 2.75) is 19.5 Å². The molecule has 0 radical (unpaired) electrons. The summed E-state index contributed by atoms with van der Waals surface area (Å²) in [5.74, 6) is -1.29. The van der Waals surface area contributed by atoms with Gasteiger partial charge in [-0.15, -0.1) is 0 Å². The molecule has 0 amide bonds. The number of aromatic hydroxyl groups is 1. The van der Waals surface area contributed by atoms with Gasteiger partial charge < -0.3 is 19.9 Å². The molecule has 1 aliphatic heterocycles. The topological polar surface area (TPSA) is 106 Å². The van der Waals surface area contributed by atoms with Crippen molar-refractivity contribution in [3.8, 4) is 5.75 Å². The van der Waals surface area contributed by atoms with Crippen molar-refractivity contribution in [1.29, 1.82) is 0 Å². The summed E-state index contributed by atoms with van der Waals surface area (Å²) < 4.78 is 1.63. The van der Waals surface area contributed by atoms with Crippen LogP contribution in [0.5, 0.6) is 5.75 Å². The monoisotopic (exact) mass is 325 g/mol. The Kier molecular flexibility index (Phi) is 6.14. The number of hydrogen-bond acceptors (Lipinski definition) is 6. The third-order valence-electron chi connectivity index (χ3n) is 4.03. The highest BCUT2D eigenvalue weighted by molar-refractivity contribution is 5.66. The highest BCUT2D eigenvalue weighted by Gasteiger charge is 2.18. The quantitative estimate of drug-likeness (QED) is 0.599. The zero-order valence-electron chi connectivity index (χ0n) is 13.0. The van der Waals surface area contributed by atoms with Crippen molar-refractivity contribution in [3.63, 3.8) is 0 Å². The van der Waals surface area contributed by atoms with Gasteiger partial charge in [-0.2, -0.15) is 0 Å². The zero-order chi connectivity index (χ0) is 16.8. The first-order chi connectivity index (χ1) is 11.0. The van der Waals surface area contributed by atoms with Gasteiger partial charge in [-0.25, -0.2) is 0 Å². The summed E-state index contributed by atoms with van der Waals surface area (Å²) in [4.78, 5) is 26.8. The number of β-amino-alcohol motifs (C(OH)–C–C–N with tert-alkyl or cyclic N) is 1. The van der Waals surface area contributed by atoms with Gasteiger partial charge in [-0.1, -0.05) is 0 Å². The third kappa shape index (κ3) is 5.05. The molecule has 128 valence electrons. The minimum atomic E-state index is -0.924. The maximum Gasteiger partial charge on any atom is 0.305 e. The summed E-state index contributed by atoms with van der Waals surface area (Å²) in [5, 5.41) is 27.3. The number of pyridine rings is 1. The molecule has 1 aliphatic rings. The van der Waals surface area contributed by atoms with Crippen molar-refractivity contribution in [1.82, 2.24) is 14.4 Å². The third-order valence-corrected chi connectivity index (χ3v) is 4.03. The summed E-state index contributed by atoms with van der Waals surface area (Å²) in [5.41, 5.74) is 0.246. The van der Waals surface area contributed by atoms with E-state index in [0.717, 1.165) is 26.2 Å². The van der Waals surface area contributed by atoms with Crippen molar-refractivity contribution in [2.24, 2.45) is 0 Å². The van der Waals surface area contributed by atoms with Gasteiger partial charge in [-0.05, 0) is 0 Å². The van der Waals surface area contributed by atoms with Gasteiger partial charge in [0.15, 0.2) is 5.75 Å². The van der Waals surface area contributed by atoms with Crippen molar-refractivity contribution >= 4 is 5.97 Å². The van der Waals surface area contributed by atoms with Crippen molar-refractivity contribution in [3.05, 3.63) is 28.2 Å². The van der Waals surface area contributed by atoms with Gasteiger partial charge >= 0.3 is 5.97 Å². The van der Waals surface area contributed by atoms with Crippen LogP contribution in [-0.4, -0.2) is 75.0 Å². The Morgan fingerprint density at radius 2 is 1.78 bits per heavy atom. The fourth-order valence-electron chi connectivity index (χ4n) is 2.70. The van der Waals surface area contributed by atoms with E-state index in [1.165, 1.54) is 12.3 Å². The average Bonchev–Trinajstić information content (AvgIpc) is 2.51. The molecule has 2 heterocycles. The number of aliphatic hydroxyl groups excluding tert-OH is 1. The van der Waals surface area contributed by atoms with E-state index in [2.05, 4.69) is 9.80 Å². The second-order valence-electron chi connectivity index (χ2n) is 5.69. The van der Waals surface area contributed by atoms with E-state index in [-0.39, 0.29) is 25.3 Å². The zero-order valence-corrected chi connectivity index (χ0v) is 13.0. The number of aliphatic hydroxyl groups is 1. The van der Waals surface area contributed by atoms with E-state index < -0.39 is 11.4 Å². The Bertz CT molecular complexity index is 593. The average molecular weight is 325 g/mol. The van der Waals surface area contributed by atoms with E-state index in [4.69, 9.17) is 10.2 Å². The summed E-state index contributed by atoms with van der Waals surface area (Å²) in [7, 11) is 0. The summed E-state index contributed by atoms with van der Waals surface area (Å²) in [6.45, 7) is 4.87. The van der Waals surface area contributed by atoms with Gasteiger partial charge in [0.05, 0.1) is 19.2 Å². The molecule has 1 fully saturated rings. The van der Waals surface area contributed by atoms with Crippen LogP contribution in [0.15, 0.2) is 17.1 Å². The van der Waals surface area contributed by atoms with Gasteiger partial charge in [0.2, 0.25) is 5.43 Å². The molecule has 0 bridgehead atoms. The van der Waals surface area contributed by atoms with Gasteiger partial charge in [0.1, 0.15) is 0 Å². The minimum absolute atomic E-state index is 0.0699. The van der Waals surface area contributed by atoms with Crippen LogP contribution < -0.4 is 5.43 Å². The van der Waals surface area contributed by atoms with E-state index in [9.17, 15) is 14.7 Å². The molecule has 0 spiro atoms. The number of carbonyl (C=O) groups is 1. The van der Waals surface area contributed by atoms with Crippen LogP contribution in [0.4, 0.5) is 0 Å². The lowest BCUT2D eigenvalue weighted by Crippen LogP contribution is -2.47. The molecule has 2 rings (SSSR count). The molecule has 0 atom stereocenters. The Hall–Kier alpha value is -1.90. The maximum absolute atomic E-state index is 11.7. The highest BCUT2D eigenvalue weighted by Crippen LogP contribution is 2.11. The number of rotatable bonds is 7. The molecule has 0 aliphatic carbocycles. The van der Waals surface area contributed by atoms with E-state index in [0.29, 0.717) is 18.8 Å². The SMILES string of the molecule is O=C(O)CCn1cc(O)c(=O)cc1CN1CCN(CCO)CC1. The molecular weight excluding hydrogens is 302 g/mol. The molecular formula is C15H23N3O5. The number of piperazine rings is 1. The predicted molar refractivity (Wildman–Crippen MR) is 83.4 cm³/mol. The van der Waals surface area contributed by atoms with Crippen LogP contribution in [0.1, 0.15) is 12.1 Å². The number of nitrogens with zero attached hydrogens (tertiary/aromatic N) is 3.